The molecule has 0 aliphatic heterocycles. The Morgan fingerprint density at radius 1 is 1.10 bits per heavy atom. The van der Waals surface area contributed by atoms with E-state index >= 15 is 0 Å². The third-order valence-electron chi connectivity index (χ3n) is 2.82. The lowest BCUT2D eigenvalue weighted by molar-refractivity contribution is 0.0952. The fraction of sp³-hybridized carbons (Fsp3) is 0.0667. The van der Waals surface area contributed by atoms with Crippen molar-refractivity contribution in [2.45, 2.75) is 6.92 Å². The molecule has 108 valence electrons. The molecule has 0 saturated heterocycles. The third kappa shape index (κ3) is 3.52. The third-order valence-corrected chi connectivity index (χ3v) is 3.06. The number of carbonyl (C=O) groups excluding carboxylic acids is 1. The monoisotopic (exact) mass is 304 g/mol. The van der Waals surface area contributed by atoms with E-state index in [0.717, 1.165) is 0 Å². The van der Waals surface area contributed by atoms with Crippen LogP contribution in [0.5, 0.6) is 11.5 Å². The Morgan fingerprint density at radius 3 is 2.48 bits per heavy atom. The average Bonchev–Trinajstić information content (AvgIpc) is 2.45. The zero-order valence-electron chi connectivity index (χ0n) is 11.2. The Kier molecular flexibility index (Phi) is 4.45. The molecule has 2 rings (SSSR count). The Balaban J connectivity index is 2.17. The van der Waals surface area contributed by atoms with Crippen LogP contribution in [0, 0.1) is 0 Å². The zero-order valence-corrected chi connectivity index (χ0v) is 11.9. The summed E-state index contributed by atoms with van der Waals surface area (Å²) in [5.41, 5.74) is 3.31. The number of benzene rings is 2. The van der Waals surface area contributed by atoms with E-state index in [1.807, 2.05) is 0 Å². The Labute approximate surface area is 126 Å². The van der Waals surface area contributed by atoms with Crippen LogP contribution in [0.1, 0.15) is 22.8 Å². The van der Waals surface area contributed by atoms with E-state index in [2.05, 4.69) is 10.5 Å². The number of rotatable bonds is 3. The summed E-state index contributed by atoms with van der Waals surface area (Å²) in [6, 6.07) is 10.7. The van der Waals surface area contributed by atoms with Gasteiger partial charge in [-0.05, 0) is 37.3 Å². The number of amides is 1. The Bertz CT molecular complexity index is 714. The molecule has 1 amide bonds. The first-order valence-corrected chi connectivity index (χ1v) is 6.48. The predicted octanol–water partition coefficient (Wildman–Crippen LogP) is 2.91. The molecule has 21 heavy (non-hydrogen) atoms. The maximum atomic E-state index is 11.9. The molecule has 2 aromatic carbocycles. The van der Waals surface area contributed by atoms with Gasteiger partial charge in [-0.1, -0.05) is 23.7 Å². The number of halogens is 1. The van der Waals surface area contributed by atoms with Crippen LogP contribution in [-0.4, -0.2) is 21.8 Å². The van der Waals surface area contributed by atoms with Crippen molar-refractivity contribution in [1.82, 2.24) is 5.43 Å². The van der Waals surface area contributed by atoms with Crippen molar-refractivity contribution in [2.75, 3.05) is 0 Å². The smallest absolute Gasteiger partial charge is 0.275 e. The molecule has 2 aromatic rings. The number of nitrogens with one attached hydrogen (secondary N) is 1. The van der Waals surface area contributed by atoms with E-state index in [0.29, 0.717) is 16.3 Å². The summed E-state index contributed by atoms with van der Waals surface area (Å²) in [4.78, 5) is 11.9. The highest BCUT2D eigenvalue weighted by Gasteiger charge is 2.10. The van der Waals surface area contributed by atoms with Crippen molar-refractivity contribution in [2.24, 2.45) is 5.10 Å². The normalized spacial score (nSPS) is 11.2. The Hall–Kier alpha value is -2.53. The molecular weight excluding hydrogens is 292 g/mol. The molecule has 0 saturated carbocycles. The first kappa shape index (κ1) is 14.9. The number of phenolic OH excluding ortho intramolecular Hbond substituents is 2. The lowest BCUT2D eigenvalue weighted by Gasteiger charge is -2.06. The van der Waals surface area contributed by atoms with Crippen LogP contribution in [0.25, 0.3) is 0 Å². The number of hydrogen-bond donors (Lipinski definition) is 3. The number of hydrazone groups is 1. The van der Waals surface area contributed by atoms with Gasteiger partial charge in [-0.2, -0.15) is 5.10 Å². The van der Waals surface area contributed by atoms with E-state index in [1.165, 1.54) is 18.2 Å². The largest absolute Gasteiger partial charge is 0.507 e. The van der Waals surface area contributed by atoms with Gasteiger partial charge in [-0.25, -0.2) is 5.43 Å². The topological polar surface area (TPSA) is 81.9 Å². The highest BCUT2D eigenvalue weighted by Crippen LogP contribution is 2.22. The fourth-order valence-electron chi connectivity index (χ4n) is 1.73. The van der Waals surface area contributed by atoms with Gasteiger partial charge in [0, 0.05) is 10.6 Å². The van der Waals surface area contributed by atoms with Crippen molar-refractivity contribution < 1.29 is 15.0 Å². The maximum Gasteiger partial charge on any atom is 0.275 e. The molecule has 3 N–H and O–H groups in total. The summed E-state index contributed by atoms with van der Waals surface area (Å²) in [6.07, 6.45) is 0. The maximum absolute atomic E-state index is 11.9. The van der Waals surface area contributed by atoms with Crippen LogP contribution in [0.2, 0.25) is 5.02 Å². The van der Waals surface area contributed by atoms with Crippen LogP contribution >= 0.6 is 11.6 Å². The van der Waals surface area contributed by atoms with Gasteiger partial charge >= 0.3 is 0 Å². The van der Waals surface area contributed by atoms with Crippen LogP contribution in [0.15, 0.2) is 47.6 Å². The van der Waals surface area contributed by atoms with E-state index in [9.17, 15) is 15.0 Å². The minimum absolute atomic E-state index is 0.0273. The van der Waals surface area contributed by atoms with E-state index in [1.54, 1.807) is 31.2 Å². The summed E-state index contributed by atoms with van der Waals surface area (Å²) in [6.45, 7) is 1.63. The lowest BCUT2D eigenvalue weighted by Crippen LogP contribution is -2.19. The second kappa shape index (κ2) is 6.28. The van der Waals surface area contributed by atoms with Crippen LogP contribution in [0.4, 0.5) is 0 Å². The summed E-state index contributed by atoms with van der Waals surface area (Å²) in [5.74, 6) is -0.696. The van der Waals surface area contributed by atoms with Gasteiger partial charge in [0.15, 0.2) is 0 Å². The molecular formula is C15H13ClN2O3. The molecule has 0 heterocycles. The number of nitrogens with zero attached hydrogens (tertiary/aromatic N) is 1. The summed E-state index contributed by atoms with van der Waals surface area (Å²) < 4.78 is 0. The zero-order chi connectivity index (χ0) is 15.4. The molecule has 0 spiro atoms. The predicted molar refractivity (Wildman–Crippen MR) is 80.9 cm³/mol. The van der Waals surface area contributed by atoms with Gasteiger partial charge in [-0.3, -0.25) is 4.79 Å². The SMILES string of the molecule is C/C(=N\NC(=O)c1ccccc1O)c1ccc(Cl)cc1O. The Morgan fingerprint density at radius 2 is 1.81 bits per heavy atom. The van der Waals surface area contributed by atoms with Crippen molar-refractivity contribution in [3.63, 3.8) is 0 Å². The summed E-state index contributed by atoms with van der Waals surface area (Å²) >= 11 is 5.75. The van der Waals surface area contributed by atoms with Crippen molar-refractivity contribution in [3.05, 3.63) is 58.6 Å². The van der Waals surface area contributed by atoms with Gasteiger partial charge in [-0.15, -0.1) is 0 Å². The molecule has 0 radical (unpaired) electrons. The number of carbonyl (C=O) groups is 1. The van der Waals surface area contributed by atoms with Crippen LogP contribution in [0.3, 0.4) is 0 Å². The fourth-order valence-corrected chi connectivity index (χ4v) is 1.90. The lowest BCUT2D eigenvalue weighted by atomic mass is 10.1. The molecule has 5 nitrogen and oxygen atoms in total. The van der Waals surface area contributed by atoms with Crippen molar-refractivity contribution in [1.29, 1.82) is 0 Å². The van der Waals surface area contributed by atoms with E-state index < -0.39 is 5.91 Å². The molecule has 0 unspecified atom stereocenters. The molecule has 0 atom stereocenters. The second-order valence-corrected chi connectivity index (χ2v) is 4.75. The molecule has 0 aliphatic rings. The highest BCUT2D eigenvalue weighted by atomic mass is 35.5. The summed E-state index contributed by atoms with van der Waals surface area (Å²) in [7, 11) is 0. The minimum atomic E-state index is -0.541. The molecule has 0 fully saturated rings. The average molecular weight is 305 g/mol. The number of aromatic hydroxyl groups is 2. The van der Waals surface area contributed by atoms with Gasteiger partial charge in [0.1, 0.15) is 11.5 Å². The van der Waals surface area contributed by atoms with Crippen LogP contribution in [-0.2, 0) is 0 Å². The quantitative estimate of drug-likeness (QED) is 0.602. The van der Waals surface area contributed by atoms with Crippen molar-refractivity contribution >= 4 is 23.2 Å². The van der Waals surface area contributed by atoms with E-state index in [-0.39, 0.29) is 17.1 Å². The summed E-state index contributed by atoms with van der Waals surface area (Å²) in [5, 5.41) is 23.7. The number of para-hydroxylation sites is 1. The standard InChI is InChI=1S/C15H13ClN2O3/c1-9(11-7-6-10(16)8-14(11)20)17-18-15(21)12-4-2-3-5-13(12)19/h2-8,19-20H,1H3,(H,18,21)/b17-9+. The molecule has 0 bridgehead atoms. The van der Waals surface area contributed by atoms with Gasteiger partial charge < -0.3 is 10.2 Å². The second-order valence-electron chi connectivity index (χ2n) is 4.32. The van der Waals surface area contributed by atoms with Gasteiger partial charge in [0.25, 0.3) is 5.91 Å². The number of hydrogen-bond acceptors (Lipinski definition) is 4. The molecule has 6 heteroatoms. The van der Waals surface area contributed by atoms with Crippen molar-refractivity contribution in [3.8, 4) is 11.5 Å². The first-order chi connectivity index (χ1) is 9.99. The number of phenols is 2. The molecule has 0 aliphatic carbocycles. The minimum Gasteiger partial charge on any atom is -0.507 e. The highest BCUT2D eigenvalue weighted by molar-refractivity contribution is 6.30. The van der Waals surface area contributed by atoms with Gasteiger partial charge in [0.05, 0.1) is 11.3 Å². The van der Waals surface area contributed by atoms with Crippen LogP contribution < -0.4 is 5.43 Å². The molecule has 0 aromatic heterocycles. The van der Waals surface area contributed by atoms with Gasteiger partial charge in [0.2, 0.25) is 0 Å². The van der Waals surface area contributed by atoms with E-state index in [4.69, 9.17) is 11.6 Å². The first-order valence-electron chi connectivity index (χ1n) is 6.10.